The number of nitrogens with one attached hydrogen (secondary N) is 1. The third kappa shape index (κ3) is 2.69. The first-order chi connectivity index (χ1) is 7.90. The quantitative estimate of drug-likeness (QED) is 0.859. The van der Waals surface area contributed by atoms with Crippen molar-refractivity contribution < 1.29 is 22.7 Å². The van der Waals surface area contributed by atoms with Crippen LogP contribution in [0.5, 0.6) is 0 Å². The Morgan fingerprint density at radius 1 is 1.44 bits per heavy atom. The first-order valence-corrected chi connectivity index (χ1v) is 4.97. The fourth-order valence-corrected chi connectivity index (χ4v) is 1.63. The fourth-order valence-electron chi connectivity index (χ4n) is 1.63. The highest BCUT2D eigenvalue weighted by molar-refractivity contribution is 5.85. The summed E-state index contributed by atoms with van der Waals surface area (Å²) in [5.74, 6) is -3.84. The zero-order chi connectivity index (χ0) is 12.6. The topological polar surface area (TPSA) is 38.3 Å². The van der Waals surface area contributed by atoms with Gasteiger partial charge in [0.2, 0.25) is 0 Å². The van der Waals surface area contributed by atoms with E-state index in [1.807, 2.05) is 5.32 Å². The van der Waals surface area contributed by atoms with E-state index < -0.39 is 30.5 Å². The van der Waals surface area contributed by atoms with Crippen molar-refractivity contribution in [2.24, 2.45) is 0 Å². The lowest BCUT2D eigenvalue weighted by atomic mass is 9.99. The Bertz CT molecular complexity index is 468. The van der Waals surface area contributed by atoms with E-state index in [1.165, 1.54) is 19.1 Å². The molecular formula is C11H11ClF3NO2. The minimum Gasteiger partial charge on any atom is -0.443 e. The molecule has 1 aromatic carbocycles. The molecule has 0 aromatic heterocycles. The number of alkyl carbamates (subject to hydrolysis) is 1. The third-order valence-corrected chi connectivity index (χ3v) is 2.61. The number of aryl methyl sites for hydroxylation is 1. The summed E-state index contributed by atoms with van der Waals surface area (Å²) in [5.41, 5.74) is 0.380. The zero-order valence-corrected chi connectivity index (χ0v) is 10.2. The summed E-state index contributed by atoms with van der Waals surface area (Å²) in [6, 6.07) is 2.20. The number of carbonyl (C=O) groups excluding carboxylic acids is 1. The van der Waals surface area contributed by atoms with Gasteiger partial charge in [-0.15, -0.1) is 12.4 Å². The summed E-state index contributed by atoms with van der Waals surface area (Å²) in [5, 5.41) is 1.99. The van der Waals surface area contributed by atoms with Crippen molar-refractivity contribution in [3.63, 3.8) is 0 Å². The fraction of sp³-hybridized carbons (Fsp3) is 0.364. The van der Waals surface area contributed by atoms with Gasteiger partial charge in [-0.1, -0.05) is 12.1 Å². The zero-order valence-electron chi connectivity index (χ0n) is 9.38. The summed E-state index contributed by atoms with van der Waals surface area (Å²) < 4.78 is 44.5. The van der Waals surface area contributed by atoms with Gasteiger partial charge in [0.1, 0.15) is 11.9 Å². The first-order valence-electron chi connectivity index (χ1n) is 4.97. The molecule has 1 aliphatic rings. The molecule has 1 amide bonds. The third-order valence-electron chi connectivity index (χ3n) is 2.61. The summed E-state index contributed by atoms with van der Waals surface area (Å²) in [4.78, 5) is 10.9. The van der Waals surface area contributed by atoms with E-state index in [0.29, 0.717) is 5.56 Å². The molecule has 1 fully saturated rings. The van der Waals surface area contributed by atoms with Crippen molar-refractivity contribution in [3.8, 4) is 0 Å². The number of halogens is 4. The van der Waals surface area contributed by atoms with Crippen LogP contribution in [0.15, 0.2) is 18.2 Å². The largest absolute Gasteiger partial charge is 0.443 e. The van der Waals surface area contributed by atoms with Gasteiger partial charge in [-0.05, 0) is 24.1 Å². The molecular weight excluding hydrogens is 271 g/mol. The number of rotatable bonds is 1. The smallest absolute Gasteiger partial charge is 0.408 e. The Kier molecular flexibility index (Phi) is 4.11. The highest BCUT2D eigenvalue weighted by Crippen LogP contribution is 2.34. The number of alkyl halides is 2. The minimum absolute atomic E-state index is 0. The maximum atomic E-state index is 13.5. The van der Waals surface area contributed by atoms with Crippen LogP contribution in [0.4, 0.5) is 18.0 Å². The van der Waals surface area contributed by atoms with Crippen molar-refractivity contribution in [3.05, 3.63) is 35.1 Å². The second kappa shape index (κ2) is 5.06. The van der Waals surface area contributed by atoms with Crippen LogP contribution in [0.3, 0.4) is 0 Å². The number of hydrogen-bond donors (Lipinski definition) is 1. The van der Waals surface area contributed by atoms with Crippen LogP contribution in [0.2, 0.25) is 0 Å². The Balaban J connectivity index is 0.00000162. The molecule has 7 heteroatoms. The lowest BCUT2D eigenvalue weighted by Gasteiger charge is -2.31. The van der Waals surface area contributed by atoms with Gasteiger partial charge < -0.3 is 10.1 Å². The highest BCUT2D eigenvalue weighted by Gasteiger charge is 2.46. The van der Waals surface area contributed by atoms with Gasteiger partial charge in [0, 0.05) is 0 Å². The first kappa shape index (κ1) is 14.6. The second-order valence-electron chi connectivity index (χ2n) is 3.92. The molecule has 100 valence electrons. The molecule has 0 aliphatic carbocycles. The van der Waals surface area contributed by atoms with Gasteiger partial charge >= 0.3 is 12.0 Å². The van der Waals surface area contributed by atoms with E-state index in [9.17, 15) is 18.0 Å². The van der Waals surface area contributed by atoms with Crippen LogP contribution in [0.25, 0.3) is 0 Å². The predicted octanol–water partition coefficient (Wildman–Crippen LogP) is 2.97. The van der Waals surface area contributed by atoms with Gasteiger partial charge in [0.05, 0.1) is 0 Å². The Morgan fingerprint density at radius 2 is 2.11 bits per heavy atom. The van der Waals surface area contributed by atoms with E-state index in [0.717, 1.165) is 6.07 Å². The van der Waals surface area contributed by atoms with Gasteiger partial charge in [0.15, 0.2) is 6.61 Å². The number of amides is 1. The van der Waals surface area contributed by atoms with E-state index in [1.54, 1.807) is 0 Å². The molecule has 1 heterocycles. The Labute approximate surface area is 108 Å². The van der Waals surface area contributed by atoms with Gasteiger partial charge in [-0.25, -0.2) is 18.0 Å². The van der Waals surface area contributed by atoms with E-state index in [4.69, 9.17) is 0 Å². The van der Waals surface area contributed by atoms with Crippen LogP contribution in [-0.4, -0.2) is 18.6 Å². The van der Waals surface area contributed by atoms with Crippen LogP contribution < -0.4 is 5.32 Å². The van der Waals surface area contributed by atoms with Crippen LogP contribution in [0.1, 0.15) is 17.2 Å². The van der Waals surface area contributed by atoms with Crippen LogP contribution in [-0.2, 0) is 4.74 Å². The maximum Gasteiger partial charge on any atom is 0.408 e. The summed E-state index contributed by atoms with van der Waals surface area (Å²) in [7, 11) is 0. The van der Waals surface area contributed by atoms with Gasteiger partial charge in [-0.3, -0.25) is 0 Å². The molecule has 0 saturated carbocycles. The number of carbonyl (C=O) groups is 1. The molecule has 1 aromatic rings. The molecule has 1 atom stereocenters. The summed E-state index contributed by atoms with van der Waals surface area (Å²) >= 11 is 0. The van der Waals surface area contributed by atoms with Gasteiger partial charge in [0.25, 0.3) is 0 Å². The van der Waals surface area contributed by atoms with E-state index in [-0.39, 0.29) is 18.0 Å². The molecule has 0 bridgehead atoms. The van der Waals surface area contributed by atoms with Crippen molar-refractivity contribution in [2.45, 2.75) is 18.9 Å². The molecule has 0 spiro atoms. The SMILES string of the molecule is Cc1ccc([C@H]2NC(=O)OCC2(F)F)cc1F.Cl. The number of benzene rings is 1. The monoisotopic (exact) mass is 281 g/mol. The lowest BCUT2D eigenvalue weighted by molar-refractivity contribution is -0.104. The number of ether oxygens (including phenoxy) is 1. The number of hydrogen-bond acceptors (Lipinski definition) is 2. The van der Waals surface area contributed by atoms with E-state index in [2.05, 4.69) is 4.74 Å². The normalized spacial score (nSPS) is 21.6. The standard InChI is InChI=1S/C11H10F3NO2.ClH/c1-6-2-3-7(4-8(6)12)9-11(13,14)5-17-10(16)15-9;/h2-4,9H,5H2,1H3,(H,15,16);1H/t9-;/m1./s1. The molecule has 0 radical (unpaired) electrons. The summed E-state index contributed by atoms with van der Waals surface area (Å²) in [6.45, 7) is 0.527. The Morgan fingerprint density at radius 3 is 2.72 bits per heavy atom. The highest BCUT2D eigenvalue weighted by atomic mass is 35.5. The Hall–Kier alpha value is -1.43. The molecule has 1 saturated heterocycles. The van der Waals surface area contributed by atoms with Crippen LogP contribution in [0, 0.1) is 12.7 Å². The molecule has 1 aliphatic heterocycles. The average Bonchev–Trinajstić information content (AvgIpc) is 2.26. The average molecular weight is 282 g/mol. The number of cyclic esters (lactones) is 1. The minimum atomic E-state index is -3.25. The molecule has 18 heavy (non-hydrogen) atoms. The summed E-state index contributed by atoms with van der Waals surface area (Å²) in [6.07, 6.45) is -0.929. The van der Waals surface area contributed by atoms with Crippen molar-refractivity contribution in [1.82, 2.24) is 5.32 Å². The van der Waals surface area contributed by atoms with Crippen LogP contribution >= 0.6 is 12.4 Å². The van der Waals surface area contributed by atoms with Crippen molar-refractivity contribution in [1.29, 1.82) is 0 Å². The molecule has 0 unspecified atom stereocenters. The van der Waals surface area contributed by atoms with Crippen molar-refractivity contribution in [2.75, 3.05) is 6.61 Å². The molecule has 1 N–H and O–H groups in total. The second-order valence-corrected chi connectivity index (χ2v) is 3.92. The van der Waals surface area contributed by atoms with E-state index >= 15 is 0 Å². The molecule has 3 nitrogen and oxygen atoms in total. The van der Waals surface area contributed by atoms with Gasteiger partial charge in [-0.2, -0.15) is 0 Å². The lowest BCUT2D eigenvalue weighted by Crippen LogP contribution is -2.49. The van der Waals surface area contributed by atoms with Crippen molar-refractivity contribution >= 4 is 18.5 Å². The molecule has 2 rings (SSSR count). The predicted molar refractivity (Wildman–Crippen MR) is 60.6 cm³/mol. The maximum absolute atomic E-state index is 13.5.